The Hall–Kier alpha value is -1.06. The Morgan fingerprint density at radius 2 is 1.94 bits per heavy atom. The van der Waals surface area contributed by atoms with Gasteiger partial charge in [-0.2, -0.15) is 0 Å². The van der Waals surface area contributed by atoms with Gasteiger partial charge in [-0.3, -0.25) is 0 Å². The zero-order chi connectivity index (χ0) is 12.8. The molecule has 0 aliphatic heterocycles. The molecule has 1 N–H and O–H groups in total. The number of hydrogen-bond acceptors (Lipinski definition) is 2. The highest BCUT2D eigenvalue weighted by atomic mass is 79.9. The van der Waals surface area contributed by atoms with Crippen molar-refractivity contribution in [1.82, 2.24) is 5.32 Å². The van der Waals surface area contributed by atoms with E-state index in [4.69, 9.17) is 4.74 Å². The van der Waals surface area contributed by atoms with Crippen LogP contribution in [0.2, 0.25) is 0 Å². The van der Waals surface area contributed by atoms with Gasteiger partial charge in [0.2, 0.25) is 0 Å². The van der Waals surface area contributed by atoms with Gasteiger partial charge in [-0.1, -0.05) is 37.3 Å². The van der Waals surface area contributed by atoms with Crippen LogP contribution in [0.4, 0.5) is 0 Å². The number of ether oxygens (including phenoxy) is 1. The van der Waals surface area contributed by atoms with Crippen molar-refractivity contribution in [3.63, 3.8) is 0 Å². The van der Waals surface area contributed by atoms with Crippen LogP contribution in [0.1, 0.15) is 13.3 Å². The molecule has 0 bridgehead atoms. The van der Waals surface area contributed by atoms with Crippen LogP contribution in [0.25, 0.3) is 10.8 Å². The molecule has 0 fully saturated rings. The lowest BCUT2D eigenvalue weighted by atomic mass is 10.1. The van der Waals surface area contributed by atoms with Gasteiger partial charge in [0.05, 0.1) is 4.47 Å². The summed E-state index contributed by atoms with van der Waals surface area (Å²) in [5.74, 6) is 0.909. The molecular formula is C15H18BrNO. The SMILES string of the molecule is CCCNCCOc1ccc2ccccc2c1Br. The summed E-state index contributed by atoms with van der Waals surface area (Å²) in [6, 6.07) is 12.4. The first-order chi connectivity index (χ1) is 8.83. The predicted molar refractivity (Wildman–Crippen MR) is 80.3 cm³/mol. The van der Waals surface area contributed by atoms with Crippen molar-refractivity contribution in [3.05, 3.63) is 40.9 Å². The zero-order valence-electron chi connectivity index (χ0n) is 10.6. The van der Waals surface area contributed by atoms with Crippen LogP contribution in [-0.2, 0) is 0 Å². The summed E-state index contributed by atoms with van der Waals surface area (Å²) in [5.41, 5.74) is 0. The number of hydrogen-bond donors (Lipinski definition) is 1. The summed E-state index contributed by atoms with van der Waals surface area (Å²) in [7, 11) is 0. The van der Waals surface area contributed by atoms with Crippen LogP contribution in [-0.4, -0.2) is 19.7 Å². The fourth-order valence-electron chi connectivity index (χ4n) is 1.86. The van der Waals surface area contributed by atoms with Gasteiger partial charge in [-0.25, -0.2) is 0 Å². The Morgan fingerprint density at radius 3 is 2.78 bits per heavy atom. The maximum Gasteiger partial charge on any atom is 0.134 e. The molecular weight excluding hydrogens is 290 g/mol. The van der Waals surface area contributed by atoms with E-state index in [2.05, 4.69) is 46.4 Å². The lowest BCUT2D eigenvalue weighted by molar-refractivity contribution is 0.313. The van der Waals surface area contributed by atoms with E-state index < -0.39 is 0 Å². The first-order valence-electron chi connectivity index (χ1n) is 6.33. The maximum atomic E-state index is 5.78. The van der Waals surface area contributed by atoms with Crippen molar-refractivity contribution in [2.24, 2.45) is 0 Å². The van der Waals surface area contributed by atoms with Gasteiger partial charge in [0.1, 0.15) is 12.4 Å². The minimum absolute atomic E-state index is 0.691. The van der Waals surface area contributed by atoms with Gasteiger partial charge < -0.3 is 10.1 Å². The normalized spacial score (nSPS) is 10.8. The van der Waals surface area contributed by atoms with Crippen LogP contribution in [0.15, 0.2) is 40.9 Å². The van der Waals surface area contributed by atoms with Crippen LogP contribution < -0.4 is 10.1 Å². The molecule has 0 atom stereocenters. The topological polar surface area (TPSA) is 21.3 Å². The molecule has 2 rings (SSSR count). The molecule has 0 saturated heterocycles. The van der Waals surface area contributed by atoms with Crippen LogP contribution in [0.3, 0.4) is 0 Å². The fraction of sp³-hybridized carbons (Fsp3) is 0.333. The Morgan fingerprint density at radius 1 is 1.11 bits per heavy atom. The molecule has 3 heteroatoms. The summed E-state index contributed by atoms with van der Waals surface area (Å²) in [5, 5.41) is 5.74. The van der Waals surface area contributed by atoms with E-state index >= 15 is 0 Å². The number of fused-ring (bicyclic) bond motifs is 1. The van der Waals surface area contributed by atoms with Crippen molar-refractivity contribution in [2.75, 3.05) is 19.7 Å². The van der Waals surface area contributed by atoms with E-state index in [9.17, 15) is 0 Å². The van der Waals surface area contributed by atoms with Gasteiger partial charge in [0.25, 0.3) is 0 Å². The van der Waals surface area contributed by atoms with E-state index in [0.29, 0.717) is 6.61 Å². The number of rotatable bonds is 6. The zero-order valence-corrected chi connectivity index (χ0v) is 12.2. The Balaban J connectivity index is 2.03. The average molecular weight is 308 g/mol. The highest BCUT2D eigenvalue weighted by Crippen LogP contribution is 2.32. The number of benzene rings is 2. The third-order valence-electron chi connectivity index (χ3n) is 2.79. The maximum absolute atomic E-state index is 5.78. The third-order valence-corrected chi connectivity index (χ3v) is 3.61. The quantitative estimate of drug-likeness (QED) is 0.815. The van der Waals surface area contributed by atoms with E-state index in [1.54, 1.807) is 0 Å². The molecule has 0 unspecified atom stereocenters. The van der Waals surface area contributed by atoms with Gasteiger partial charge in [-0.15, -0.1) is 0 Å². The molecule has 18 heavy (non-hydrogen) atoms. The summed E-state index contributed by atoms with van der Waals surface area (Å²) in [6.07, 6.45) is 1.15. The van der Waals surface area contributed by atoms with Gasteiger partial charge >= 0.3 is 0 Å². The molecule has 0 spiro atoms. The van der Waals surface area contributed by atoms with Crippen LogP contribution in [0, 0.1) is 0 Å². The van der Waals surface area contributed by atoms with Gasteiger partial charge in [0, 0.05) is 6.54 Å². The highest BCUT2D eigenvalue weighted by molar-refractivity contribution is 9.10. The van der Waals surface area contributed by atoms with E-state index in [1.807, 2.05) is 18.2 Å². The van der Waals surface area contributed by atoms with Crippen molar-refractivity contribution in [2.45, 2.75) is 13.3 Å². The van der Waals surface area contributed by atoms with Crippen molar-refractivity contribution >= 4 is 26.7 Å². The molecule has 2 aromatic carbocycles. The highest BCUT2D eigenvalue weighted by Gasteiger charge is 2.05. The molecule has 0 aliphatic rings. The Kier molecular flexibility index (Phi) is 5.02. The molecule has 2 nitrogen and oxygen atoms in total. The van der Waals surface area contributed by atoms with E-state index in [1.165, 1.54) is 10.8 Å². The number of nitrogens with one attached hydrogen (secondary N) is 1. The molecule has 0 aromatic heterocycles. The first-order valence-corrected chi connectivity index (χ1v) is 7.13. The lowest BCUT2D eigenvalue weighted by Gasteiger charge is -2.10. The van der Waals surface area contributed by atoms with Crippen LogP contribution >= 0.6 is 15.9 Å². The Labute approximate surface area is 116 Å². The predicted octanol–water partition coefficient (Wildman–Crippen LogP) is 3.98. The van der Waals surface area contributed by atoms with Gasteiger partial charge in [0.15, 0.2) is 0 Å². The van der Waals surface area contributed by atoms with Gasteiger partial charge in [-0.05, 0) is 45.7 Å². The molecule has 0 amide bonds. The van der Waals surface area contributed by atoms with Crippen molar-refractivity contribution < 1.29 is 4.74 Å². The second-order valence-electron chi connectivity index (χ2n) is 4.20. The average Bonchev–Trinajstić information content (AvgIpc) is 2.41. The Bertz CT molecular complexity index is 513. The third kappa shape index (κ3) is 3.24. The number of halogens is 1. The van der Waals surface area contributed by atoms with Crippen LogP contribution in [0.5, 0.6) is 5.75 Å². The first kappa shape index (κ1) is 13.4. The molecule has 0 heterocycles. The monoisotopic (exact) mass is 307 g/mol. The molecule has 0 aliphatic carbocycles. The smallest absolute Gasteiger partial charge is 0.134 e. The standard InChI is InChI=1S/C15H18BrNO/c1-2-9-17-10-11-18-14-8-7-12-5-3-4-6-13(12)15(14)16/h3-8,17H,2,9-11H2,1H3. The second kappa shape index (κ2) is 6.76. The lowest BCUT2D eigenvalue weighted by Crippen LogP contribution is -2.21. The molecule has 96 valence electrons. The molecule has 0 radical (unpaired) electrons. The summed E-state index contributed by atoms with van der Waals surface area (Å²) in [4.78, 5) is 0. The fourth-order valence-corrected chi connectivity index (χ4v) is 2.47. The largest absolute Gasteiger partial charge is 0.491 e. The second-order valence-corrected chi connectivity index (χ2v) is 4.99. The van der Waals surface area contributed by atoms with Crippen molar-refractivity contribution in [3.8, 4) is 5.75 Å². The van der Waals surface area contributed by atoms with E-state index in [0.717, 1.165) is 29.7 Å². The summed E-state index contributed by atoms with van der Waals surface area (Å²) >= 11 is 3.62. The minimum atomic E-state index is 0.691. The molecule has 0 saturated carbocycles. The minimum Gasteiger partial charge on any atom is -0.491 e. The van der Waals surface area contributed by atoms with E-state index in [-0.39, 0.29) is 0 Å². The van der Waals surface area contributed by atoms with Crippen molar-refractivity contribution in [1.29, 1.82) is 0 Å². The summed E-state index contributed by atoms with van der Waals surface area (Å²) in [6.45, 7) is 4.78. The molecule has 2 aromatic rings. The summed E-state index contributed by atoms with van der Waals surface area (Å²) < 4.78 is 6.82.